The zero-order chi connectivity index (χ0) is 21.2. The molecule has 1 atom stereocenters. The molecule has 0 bridgehead atoms. The van der Waals surface area contributed by atoms with Crippen LogP contribution in [0.25, 0.3) is 10.4 Å². The first-order chi connectivity index (χ1) is 15.2. The van der Waals surface area contributed by atoms with E-state index in [-0.39, 0.29) is 5.82 Å². The Balaban J connectivity index is 1.48. The van der Waals surface area contributed by atoms with E-state index in [4.69, 9.17) is 0 Å². The standard InChI is InChI=1S/C25H20FN2OS2/c26-22-13-11-18(12-14-22)17-30-27-16-21-15-23(19-7-3-1-4-8-19)31-25(21)28(29)24(27)20-9-5-2-6-10-20/h1-15,24H,16-17H2/q+1. The molecule has 0 saturated carbocycles. The van der Waals surface area contributed by atoms with Crippen LogP contribution in [0.5, 0.6) is 0 Å². The molecule has 1 unspecified atom stereocenters. The molecule has 0 fully saturated rings. The quantitative estimate of drug-likeness (QED) is 0.236. The molecule has 6 heteroatoms. The zero-order valence-corrected chi connectivity index (χ0v) is 18.3. The second-order valence-corrected chi connectivity index (χ2v) is 9.44. The number of halogens is 1. The van der Waals surface area contributed by atoms with Gasteiger partial charge in [0, 0.05) is 27.6 Å². The number of benzene rings is 3. The van der Waals surface area contributed by atoms with Crippen molar-refractivity contribution in [2.24, 2.45) is 0 Å². The maximum atomic E-state index is 13.6. The summed E-state index contributed by atoms with van der Waals surface area (Å²) in [5.74, 6) is 0.429. The Kier molecular flexibility index (Phi) is 5.68. The van der Waals surface area contributed by atoms with Crippen molar-refractivity contribution >= 4 is 28.3 Å². The van der Waals surface area contributed by atoms with E-state index in [0.717, 1.165) is 36.9 Å². The lowest BCUT2D eigenvalue weighted by Gasteiger charge is -2.27. The molecule has 1 aliphatic rings. The molecule has 5 rings (SSSR count). The molecule has 0 spiro atoms. The van der Waals surface area contributed by atoms with E-state index < -0.39 is 6.17 Å². The molecule has 0 N–H and O–H groups in total. The van der Waals surface area contributed by atoms with Crippen LogP contribution in [0.1, 0.15) is 22.9 Å². The van der Waals surface area contributed by atoms with Gasteiger partial charge in [0.15, 0.2) is 0 Å². The van der Waals surface area contributed by atoms with Gasteiger partial charge < -0.3 is 0 Å². The summed E-state index contributed by atoms with van der Waals surface area (Å²) in [6, 6.07) is 28.7. The first-order valence-electron chi connectivity index (χ1n) is 10.0. The van der Waals surface area contributed by atoms with Crippen LogP contribution in [0.15, 0.2) is 91.0 Å². The van der Waals surface area contributed by atoms with E-state index >= 15 is 0 Å². The van der Waals surface area contributed by atoms with E-state index in [0.29, 0.717) is 12.3 Å². The van der Waals surface area contributed by atoms with Crippen molar-refractivity contribution in [1.29, 1.82) is 0 Å². The highest BCUT2D eigenvalue weighted by Gasteiger charge is 2.44. The third kappa shape index (κ3) is 4.19. The summed E-state index contributed by atoms with van der Waals surface area (Å²) in [5.41, 5.74) is 4.15. The molecule has 0 aliphatic carbocycles. The van der Waals surface area contributed by atoms with Crippen LogP contribution in [-0.4, -0.2) is 9.07 Å². The van der Waals surface area contributed by atoms with Gasteiger partial charge in [0.05, 0.1) is 10.3 Å². The predicted molar refractivity (Wildman–Crippen MR) is 125 cm³/mol. The summed E-state index contributed by atoms with van der Waals surface area (Å²) in [6.07, 6.45) is -0.415. The van der Waals surface area contributed by atoms with E-state index in [1.165, 1.54) is 12.1 Å². The van der Waals surface area contributed by atoms with E-state index in [1.54, 1.807) is 35.4 Å². The minimum absolute atomic E-state index is 0.240. The van der Waals surface area contributed by atoms with Gasteiger partial charge >= 0.3 is 5.00 Å². The van der Waals surface area contributed by atoms with Crippen molar-refractivity contribution in [3.05, 3.63) is 118 Å². The molecule has 2 heterocycles. The van der Waals surface area contributed by atoms with E-state index in [9.17, 15) is 9.30 Å². The SMILES string of the molecule is O=[N+]1c2sc(-c3ccccc3)cc2CN(SCc2ccc(F)cc2)C1c1ccccc1. The Morgan fingerprint density at radius 3 is 2.35 bits per heavy atom. The van der Waals surface area contributed by atoms with Crippen molar-refractivity contribution in [1.82, 2.24) is 4.31 Å². The van der Waals surface area contributed by atoms with E-state index in [2.05, 4.69) is 22.5 Å². The van der Waals surface area contributed by atoms with Gasteiger partial charge in [-0.15, -0.1) is 0 Å². The van der Waals surface area contributed by atoms with Crippen LogP contribution in [0.3, 0.4) is 0 Å². The molecular weight excluding hydrogens is 427 g/mol. The third-order valence-corrected chi connectivity index (χ3v) is 7.61. The van der Waals surface area contributed by atoms with Gasteiger partial charge in [-0.05, 0) is 29.3 Å². The summed E-state index contributed by atoms with van der Waals surface area (Å²) >= 11 is 3.15. The largest absolute Gasteiger partial charge is 0.318 e. The van der Waals surface area contributed by atoms with Crippen LogP contribution in [0.4, 0.5) is 9.39 Å². The van der Waals surface area contributed by atoms with Gasteiger partial charge in [-0.1, -0.05) is 96.1 Å². The van der Waals surface area contributed by atoms with Gasteiger partial charge in [0.25, 0.3) is 6.17 Å². The highest BCUT2D eigenvalue weighted by atomic mass is 32.2. The molecule has 3 aromatic carbocycles. The van der Waals surface area contributed by atoms with Gasteiger partial charge in [0.2, 0.25) is 0 Å². The van der Waals surface area contributed by atoms with E-state index in [1.807, 2.05) is 48.5 Å². The fourth-order valence-electron chi connectivity index (χ4n) is 3.73. The zero-order valence-electron chi connectivity index (χ0n) is 16.6. The van der Waals surface area contributed by atoms with Gasteiger partial charge in [0.1, 0.15) is 5.82 Å². The number of fused-ring (bicyclic) bond motifs is 1. The lowest BCUT2D eigenvalue weighted by molar-refractivity contribution is -0.538. The van der Waals surface area contributed by atoms with Crippen molar-refractivity contribution in [2.45, 2.75) is 18.5 Å². The Labute approximate surface area is 188 Å². The number of hydrogen-bond acceptors (Lipinski definition) is 4. The van der Waals surface area contributed by atoms with Crippen LogP contribution in [0, 0.1) is 10.7 Å². The number of hydrogen-bond donors (Lipinski definition) is 0. The summed E-state index contributed by atoms with van der Waals surface area (Å²) < 4.78 is 16.5. The molecule has 1 aromatic heterocycles. The Bertz CT molecular complexity index is 1190. The average Bonchev–Trinajstić information content (AvgIpc) is 3.25. The van der Waals surface area contributed by atoms with Crippen LogP contribution >= 0.6 is 23.3 Å². The monoisotopic (exact) mass is 447 g/mol. The second kappa shape index (κ2) is 8.75. The normalized spacial score (nSPS) is 16.3. The highest BCUT2D eigenvalue weighted by Crippen LogP contribution is 2.47. The molecule has 3 nitrogen and oxygen atoms in total. The summed E-state index contributed by atoms with van der Waals surface area (Å²) in [5, 5.41) is 0.770. The van der Waals surface area contributed by atoms with Crippen molar-refractivity contribution < 1.29 is 9.15 Å². The number of rotatable bonds is 5. The fraction of sp³-hybridized carbons (Fsp3) is 0.120. The van der Waals surface area contributed by atoms with Gasteiger partial charge in [-0.3, -0.25) is 0 Å². The third-order valence-electron chi connectivity index (χ3n) is 5.27. The molecule has 0 amide bonds. The fourth-order valence-corrected chi connectivity index (χ4v) is 5.92. The maximum absolute atomic E-state index is 13.6. The molecule has 154 valence electrons. The summed E-state index contributed by atoms with van der Waals surface area (Å²) in [6.45, 7) is 0.669. The van der Waals surface area contributed by atoms with Crippen LogP contribution in [-0.2, 0) is 12.3 Å². The number of nitrogens with zero attached hydrogens (tertiary/aromatic N) is 2. The van der Waals surface area contributed by atoms with Crippen LogP contribution < -0.4 is 0 Å². The average molecular weight is 448 g/mol. The Morgan fingerprint density at radius 2 is 1.65 bits per heavy atom. The first-order valence-corrected chi connectivity index (χ1v) is 11.8. The molecule has 31 heavy (non-hydrogen) atoms. The minimum Gasteiger partial charge on any atom is -0.207 e. The molecule has 1 aliphatic heterocycles. The summed E-state index contributed by atoms with van der Waals surface area (Å²) in [4.78, 5) is 14.7. The highest BCUT2D eigenvalue weighted by molar-refractivity contribution is 7.96. The molecule has 0 saturated heterocycles. The summed E-state index contributed by atoms with van der Waals surface area (Å²) in [7, 11) is 0. The number of nitroso groups, excluding NO2 is 1. The lowest BCUT2D eigenvalue weighted by atomic mass is 10.1. The lowest BCUT2D eigenvalue weighted by Crippen LogP contribution is -2.32. The Morgan fingerprint density at radius 1 is 0.968 bits per heavy atom. The molecule has 0 radical (unpaired) electrons. The molecule has 4 aromatic rings. The smallest absolute Gasteiger partial charge is 0.207 e. The van der Waals surface area contributed by atoms with Crippen molar-refractivity contribution in [2.75, 3.05) is 0 Å². The predicted octanol–water partition coefficient (Wildman–Crippen LogP) is 7.33. The second-order valence-electron chi connectivity index (χ2n) is 7.39. The van der Waals surface area contributed by atoms with Gasteiger partial charge in [-0.2, -0.15) is 4.31 Å². The number of thiophene rings is 1. The van der Waals surface area contributed by atoms with Crippen molar-refractivity contribution in [3.8, 4) is 10.4 Å². The topological polar surface area (TPSA) is 23.3 Å². The Hall–Kier alpha value is -2.80. The first kappa shape index (κ1) is 20.1. The van der Waals surface area contributed by atoms with Crippen LogP contribution in [0.2, 0.25) is 0 Å². The minimum atomic E-state index is -0.415. The molecular formula is C25H20FN2OS2+. The maximum Gasteiger partial charge on any atom is 0.318 e. The van der Waals surface area contributed by atoms with Crippen molar-refractivity contribution in [3.63, 3.8) is 0 Å². The van der Waals surface area contributed by atoms with Gasteiger partial charge in [-0.25, -0.2) is 4.39 Å².